The predicted molar refractivity (Wildman–Crippen MR) is 115 cm³/mol. The molecule has 0 atom stereocenters. The topological polar surface area (TPSA) is 67.2 Å². The van der Waals surface area contributed by atoms with Crippen LogP contribution in [-0.2, 0) is 26.6 Å². The van der Waals surface area contributed by atoms with Crippen LogP contribution in [0.1, 0.15) is 43.2 Å². The highest BCUT2D eigenvalue weighted by Gasteiger charge is 2.29. The van der Waals surface area contributed by atoms with Gasteiger partial charge in [0.25, 0.3) is 11.8 Å². The number of rotatable bonds is 4. The van der Waals surface area contributed by atoms with Gasteiger partial charge in [-0.05, 0) is 36.8 Å². The molecule has 2 heterocycles. The zero-order valence-corrected chi connectivity index (χ0v) is 17.7. The largest absolute Gasteiger partial charge is 0.347 e. The first-order chi connectivity index (χ1) is 14.4. The van der Waals surface area contributed by atoms with Crippen LogP contribution in [-0.4, -0.2) is 33.0 Å². The second-order valence-electron chi connectivity index (χ2n) is 7.55. The fraction of sp³-hybridized carbons (Fsp3) is 0.261. The molecule has 4 rings (SSSR count). The molecule has 3 aromatic rings. The summed E-state index contributed by atoms with van der Waals surface area (Å²) < 4.78 is 1.75. The van der Waals surface area contributed by atoms with Crippen molar-refractivity contribution in [3.8, 4) is 0 Å². The summed E-state index contributed by atoms with van der Waals surface area (Å²) in [4.78, 5) is 27.6. The van der Waals surface area contributed by atoms with Crippen LogP contribution < -0.4 is 5.32 Å². The number of benzene rings is 2. The molecule has 0 aliphatic carbocycles. The van der Waals surface area contributed by atoms with E-state index in [-0.39, 0.29) is 11.8 Å². The molecule has 2 amide bonds. The van der Waals surface area contributed by atoms with Crippen molar-refractivity contribution in [1.29, 1.82) is 0 Å². The molecule has 154 valence electrons. The Morgan fingerprint density at radius 1 is 1.17 bits per heavy atom. The summed E-state index contributed by atoms with van der Waals surface area (Å²) in [6.45, 7) is 3.33. The zero-order chi connectivity index (χ0) is 21.3. The van der Waals surface area contributed by atoms with E-state index in [1.54, 1.807) is 21.7 Å². The van der Waals surface area contributed by atoms with E-state index >= 15 is 0 Å². The molecule has 0 radical (unpaired) electrons. The number of aryl methyl sites for hydroxylation is 2. The lowest BCUT2D eigenvalue weighted by atomic mass is 10.0. The highest BCUT2D eigenvalue weighted by Crippen LogP contribution is 2.24. The second-order valence-corrected chi connectivity index (χ2v) is 7.99. The molecular weight excluding hydrogens is 400 g/mol. The SMILES string of the molecule is Cc1cccc(C(=O)N2CCc3c(c(C(=O)NCc4ccc(Cl)cc4)nn3C)C2)c1. The standard InChI is InChI=1S/C23H23ClN4O2/c1-15-4-3-5-17(12-15)23(30)28-11-10-20-19(14-28)21(26-27(20)2)22(29)25-13-16-6-8-18(24)9-7-16/h3-9,12H,10-11,13-14H2,1-2H3,(H,25,29). The average Bonchev–Trinajstić information content (AvgIpc) is 3.08. The molecule has 30 heavy (non-hydrogen) atoms. The summed E-state index contributed by atoms with van der Waals surface area (Å²) in [7, 11) is 1.84. The summed E-state index contributed by atoms with van der Waals surface area (Å²) in [5.74, 6) is -0.271. The Morgan fingerprint density at radius 3 is 2.67 bits per heavy atom. The number of aromatic nitrogens is 2. The molecule has 0 spiro atoms. The summed E-state index contributed by atoms with van der Waals surface area (Å²) in [6.07, 6.45) is 0.668. The third-order valence-electron chi connectivity index (χ3n) is 5.38. The lowest BCUT2D eigenvalue weighted by Crippen LogP contribution is -2.37. The third-order valence-corrected chi connectivity index (χ3v) is 5.63. The lowest BCUT2D eigenvalue weighted by Gasteiger charge is -2.27. The van der Waals surface area contributed by atoms with Crippen molar-refractivity contribution in [2.45, 2.75) is 26.4 Å². The molecule has 1 aromatic heterocycles. The van der Waals surface area contributed by atoms with Crippen LogP contribution in [0.15, 0.2) is 48.5 Å². The van der Waals surface area contributed by atoms with Crippen LogP contribution in [0.3, 0.4) is 0 Å². The molecule has 7 heteroatoms. The third kappa shape index (κ3) is 4.09. The molecule has 6 nitrogen and oxygen atoms in total. The van der Waals surface area contributed by atoms with Gasteiger partial charge in [-0.3, -0.25) is 14.3 Å². The maximum absolute atomic E-state index is 13.0. The smallest absolute Gasteiger partial charge is 0.272 e. The molecular formula is C23H23ClN4O2. The van der Waals surface area contributed by atoms with Gasteiger partial charge in [-0.1, -0.05) is 41.4 Å². The molecule has 0 bridgehead atoms. The predicted octanol–water partition coefficient (Wildman–Crippen LogP) is 3.51. The van der Waals surface area contributed by atoms with Crippen LogP contribution in [0.25, 0.3) is 0 Å². The Hall–Kier alpha value is -3.12. The molecule has 2 aromatic carbocycles. The van der Waals surface area contributed by atoms with Gasteiger partial charge in [0, 0.05) is 48.4 Å². The monoisotopic (exact) mass is 422 g/mol. The first-order valence-corrected chi connectivity index (χ1v) is 10.2. The Labute approximate surface area is 180 Å². The van der Waals surface area contributed by atoms with Crippen LogP contribution in [0.2, 0.25) is 5.02 Å². The fourth-order valence-corrected chi connectivity index (χ4v) is 3.90. The number of hydrogen-bond acceptors (Lipinski definition) is 3. The molecule has 0 unspecified atom stereocenters. The summed E-state index contributed by atoms with van der Waals surface area (Å²) in [5.41, 5.74) is 4.86. The van der Waals surface area contributed by atoms with E-state index in [4.69, 9.17) is 11.6 Å². The van der Waals surface area contributed by atoms with Gasteiger partial charge in [0.15, 0.2) is 5.69 Å². The van der Waals surface area contributed by atoms with Gasteiger partial charge in [0.2, 0.25) is 0 Å². The van der Waals surface area contributed by atoms with Gasteiger partial charge in [0.1, 0.15) is 0 Å². The number of hydrogen-bond donors (Lipinski definition) is 1. The quantitative estimate of drug-likeness (QED) is 0.699. The van der Waals surface area contributed by atoms with Gasteiger partial charge >= 0.3 is 0 Å². The number of halogens is 1. The normalized spacial score (nSPS) is 13.1. The van der Waals surface area contributed by atoms with E-state index < -0.39 is 0 Å². The van der Waals surface area contributed by atoms with Crippen molar-refractivity contribution in [1.82, 2.24) is 20.0 Å². The van der Waals surface area contributed by atoms with Gasteiger partial charge in [-0.2, -0.15) is 5.10 Å². The number of amides is 2. The van der Waals surface area contributed by atoms with E-state index in [0.29, 0.717) is 42.3 Å². The zero-order valence-electron chi connectivity index (χ0n) is 17.0. The molecule has 0 fully saturated rings. The first-order valence-electron chi connectivity index (χ1n) is 9.85. The van der Waals surface area contributed by atoms with E-state index in [0.717, 1.165) is 22.4 Å². The van der Waals surface area contributed by atoms with Crippen LogP contribution in [0, 0.1) is 6.92 Å². The number of nitrogens with zero attached hydrogens (tertiary/aromatic N) is 3. The van der Waals surface area contributed by atoms with E-state index in [9.17, 15) is 9.59 Å². The summed E-state index contributed by atoms with van der Waals surface area (Å²) in [5, 5.41) is 8.02. The molecule has 0 saturated carbocycles. The lowest BCUT2D eigenvalue weighted by molar-refractivity contribution is 0.0730. The maximum atomic E-state index is 13.0. The average molecular weight is 423 g/mol. The summed E-state index contributed by atoms with van der Waals surface area (Å²) in [6, 6.07) is 14.9. The van der Waals surface area contributed by atoms with Gasteiger partial charge < -0.3 is 10.2 Å². The Balaban J connectivity index is 1.51. The molecule has 1 N–H and O–H groups in total. The minimum Gasteiger partial charge on any atom is -0.347 e. The van der Waals surface area contributed by atoms with Crippen molar-refractivity contribution in [2.75, 3.05) is 6.54 Å². The number of nitrogens with one attached hydrogen (secondary N) is 1. The minimum absolute atomic E-state index is 0.0271. The van der Waals surface area contributed by atoms with Crippen LogP contribution >= 0.6 is 11.6 Å². The first kappa shape index (κ1) is 20.2. The molecule has 0 saturated heterocycles. The van der Waals surface area contributed by atoms with Crippen molar-refractivity contribution in [3.05, 3.63) is 87.2 Å². The van der Waals surface area contributed by atoms with Crippen LogP contribution in [0.5, 0.6) is 0 Å². The highest BCUT2D eigenvalue weighted by atomic mass is 35.5. The van der Waals surface area contributed by atoms with Gasteiger partial charge in [-0.25, -0.2) is 0 Å². The van der Waals surface area contributed by atoms with Gasteiger partial charge in [-0.15, -0.1) is 0 Å². The Morgan fingerprint density at radius 2 is 1.93 bits per heavy atom. The Kier molecular flexibility index (Phi) is 5.59. The number of fused-ring (bicyclic) bond motifs is 1. The van der Waals surface area contributed by atoms with Crippen molar-refractivity contribution in [2.24, 2.45) is 7.05 Å². The van der Waals surface area contributed by atoms with E-state index in [1.165, 1.54) is 0 Å². The molecule has 1 aliphatic rings. The highest BCUT2D eigenvalue weighted by molar-refractivity contribution is 6.30. The van der Waals surface area contributed by atoms with Crippen LogP contribution in [0.4, 0.5) is 0 Å². The summed E-state index contributed by atoms with van der Waals surface area (Å²) >= 11 is 5.91. The second kappa shape index (κ2) is 8.32. The number of carbonyl (C=O) groups excluding carboxylic acids is 2. The minimum atomic E-state index is -0.244. The number of carbonyl (C=O) groups is 2. The maximum Gasteiger partial charge on any atom is 0.272 e. The Bertz CT molecular complexity index is 1100. The van der Waals surface area contributed by atoms with Crippen molar-refractivity contribution < 1.29 is 9.59 Å². The van der Waals surface area contributed by atoms with Gasteiger partial charge in [0.05, 0.1) is 6.54 Å². The van der Waals surface area contributed by atoms with Crippen molar-refractivity contribution in [3.63, 3.8) is 0 Å². The fourth-order valence-electron chi connectivity index (χ4n) is 3.78. The van der Waals surface area contributed by atoms with E-state index in [2.05, 4.69) is 10.4 Å². The molecule has 1 aliphatic heterocycles. The van der Waals surface area contributed by atoms with Crippen molar-refractivity contribution >= 4 is 23.4 Å². The van der Waals surface area contributed by atoms with E-state index in [1.807, 2.05) is 50.4 Å².